The number of hydrogen-bond donors (Lipinski definition) is 1. The summed E-state index contributed by atoms with van der Waals surface area (Å²) in [7, 11) is 0. The predicted octanol–water partition coefficient (Wildman–Crippen LogP) is 11.5. The Labute approximate surface area is 248 Å². The Morgan fingerprint density at radius 3 is 2.02 bits per heavy atom. The highest BCUT2D eigenvalue weighted by atomic mass is 14.6. The van der Waals surface area contributed by atoms with Crippen molar-refractivity contribution in [3.63, 3.8) is 0 Å². The van der Waals surface area contributed by atoms with Crippen LogP contribution in [0, 0.1) is 0 Å². The van der Waals surface area contributed by atoms with Gasteiger partial charge in [0, 0.05) is 12.4 Å². The summed E-state index contributed by atoms with van der Waals surface area (Å²) in [6.45, 7) is 20.1. The summed E-state index contributed by atoms with van der Waals surface area (Å²) in [4.78, 5) is 3.13. The fourth-order valence-corrected chi connectivity index (χ4v) is 4.29. The van der Waals surface area contributed by atoms with Crippen LogP contribution in [-0.4, -0.2) is 4.98 Å². The molecule has 208 valence electrons. The average molecular weight is 538 g/mol. The Kier molecular flexibility index (Phi) is 15.2. The lowest BCUT2D eigenvalue weighted by Gasteiger charge is -2.13. The standard InChI is InChI=1S/C34H37N.C6H6/c1-7-16-28(32(12-6)31-23-24-35-26-31)20-15-21-29(17-8-2)33(18-9-3)34-22-14-13-19-30(34)25-27(10-4)11-5;1-2-4-6-5-3-1/h7-10,12-19,21-26,35H,2-4,6,11,20H2,1,5H3;1-6H/b16-7-,21-15-,27-25-,29-17-,32-28-,33-18+;. The Morgan fingerprint density at radius 2 is 1.49 bits per heavy atom. The van der Waals surface area contributed by atoms with E-state index in [1.165, 1.54) is 11.1 Å². The van der Waals surface area contributed by atoms with Gasteiger partial charge in [-0.1, -0.05) is 161 Å². The van der Waals surface area contributed by atoms with E-state index < -0.39 is 0 Å². The van der Waals surface area contributed by atoms with Crippen LogP contribution in [0.4, 0.5) is 0 Å². The number of aromatic nitrogens is 1. The highest BCUT2D eigenvalue weighted by Gasteiger charge is 2.10. The third-order valence-corrected chi connectivity index (χ3v) is 6.28. The summed E-state index contributed by atoms with van der Waals surface area (Å²) < 4.78 is 0. The maximum atomic E-state index is 4.05. The van der Waals surface area contributed by atoms with Crippen molar-refractivity contribution in [3.05, 3.63) is 200 Å². The van der Waals surface area contributed by atoms with Crippen LogP contribution < -0.4 is 0 Å². The molecule has 0 aliphatic carbocycles. The smallest absolute Gasteiger partial charge is 0.00842 e. The highest BCUT2D eigenvalue weighted by molar-refractivity contribution is 5.87. The average Bonchev–Trinajstić information content (AvgIpc) is 3.55. The van der Waals surface area contributed by atoms with E-state index in [0.29, 0.717) is 0 Å². The molecule has 0 amide bonds. The number of benzene rings is 2. The van der Waals surface area contributed by atoms with Crippen molar-refractivity contribution in [2.75, 3.05) is 0 Å². The summed E-state index contributed by atoms with van der Waals surface area (Å²) in [5, 5.41) is 0. The Balaban J connectivity index is 0.000000864. The summed E-state index contributed by atoms with van der Waals surface area (Å²) in [5.74, 6) is 0. The predicted molar refractivity (Wildman–Crippen MR) is 184 cm³/mol. The zero-order valence-electron chi connectivity index (χ0n) is 24.6. The van der Waals surface area contributed by atoms with Crippen LogP contribution in [0.5, 0.6) is 0 Å². The van der Waals surface area contributed by atoms with Crippen LogP contribution in [0.15, 0.2) is 183 Å². The molecule has 0 aliphatic heterocycles. The lowest BCUT2D eigenvalue weighted by Crippen LogP contribution is -1.93. The second-order valence-electron chi connectivity index (χ2n) is 9.04. The molecule has 0 aliphatic rings. The summed E-state index contributed by atoms with van der Waals surface area (Å²) >= 11 is 0. The van der Waals surface area contributed by atoms with Crippen molar-refractivity contribution in [2.45, 2.75) is 26.7 Å². The molecule has 1 nitrogen and oxygen atoms in total. The van der Waals surface area contributed by atoms with Crippen LogP contribution in [0.3, 0.4) is 0 Å². The molecule has 0 spiro atoms. The first-order valence-corrected chi connectivity index (χ1v) is 14.0. The van der Waals surface area contributed by atoms with E-state index in [9.17, 15) is 0 Å². The lowest BCUT2D eigenvalue weighted by molar-refractivity contribution is 1.16. The van der Waals surface area contributed by atoms with Crippen LogP contribution in [0.1, 0.15) is 43.4 Å². The number of hydrogen-bond acceptors (Lipinski definition) is 0. The second kappa shape index (κ2) is 19.2. The van der Waals surface area contributed by atoms with Gasteiger partial charge in [-0.3, -0.25) is 0 Å². The van der Waals surface area contributed by atoms with Gasteiger partial charge in [-0.25, -0.2) is 0 Å². The fraction of sp³-hybridized carbons (Fsp3) is 0.100. The minimum atomic E-state index is 0.769. The maximum Gasteiger partial charge on any atom is 0.00842 e. The van der Waals surface area contributed by atoms with E-state index in [0.717, 1.165) is 46.3 Å². The molecule has 0 atom stereocenters. The zero-order chi connectivity index (χ0) is 29.7. The van der Waals surface area contributed by atoms with Gasteiger partial charge in [0.05, 0.1) is 0 Å². The maximum absolute atomic E-state index is 4.05. The molecule has 0 saturated heterocycles. The molecule has 1 aromatic heterocycles. The van der Waals surface area contributed by atoms with E-state index in [-0.39, 0.29) is 0 Å². The number of H-pyrrole nitrogens is 1. The van der Waals surface area contributed by atoms with Gasteiger partial charge in [0.1, 0.15) is 0 Å². The van der Waals surface area contributed by atoms with Gasteiger partial charge >= 0.3 is 0 Å². The van der Waals surface area contributed by atoms with E-state index in [2.05, 4.69) is 105 Å². The van der Waals surface area contributed by atoms with Crippen LogP contribution in [0.25, 0.3) is 17.2 Å². The largest absolute Gasteiger partial charge is 0.367 e. The van der Waals surface area contributed by atoms with E-state index in [4.69, 9.17) is 0 Å². The first kappa shape index (κ1) is 32.3. The lowest BCUT2D eigenvalue weighted by atomic mass is 9.91. The Hall–Kier alpha value is -4.88. The van der Waals surface area contributed by atoms with Crippen molar-refractivity contribution in [1.82, 2.24) is 4.98 Å². The summed E-state index contributed by atoms with van der Waals surface area (Å²) in [6.07, 6.45) is 28.0. The quantitative estimate of drug-likeness (QED) is 0.209. The van der Waals surface area contributed by atoms with Crippen LogP contribution in [-0.2, 0) is 0 Å². The van der Waals surface area contributed by atoms with Gasteiger partial charge in [-0.2, -0.15) is 0 Å². The number of rotatable bonds is 13. The SMILES string of the molecule is C=C/C=C(/C=C\CC(/C=C\C)=C(/C=C)c1cc[nH]c1)C(=C/C=C)\c1ccccc1/C=C(/C=C)CC.c1ccccc1. The first-order valence-electron chi connectivity index (χ1n) is 14.0. The third-order valence-electron chi connectivity index (χ3n) is 6.28. The molecular formula is C40H43N. The minimum absolute atomic E-state index is 0.769. The highest BCUT2D eigenvalue weighted by Crippen LogP contribution is 2.30. The second-order valence-corrected chi connectivity index (χ2v) is 9.04. The van der Waals surface area contributed by atoms with Crippen LogP contribution >= 0.6 is 0 Å². The third kappa shape index (κ3) is 10.7. The molecule has 2 aromatic carbocycles. The zero-order valence-corrected chi connectivity index (χ0v) is 24.6. The number of aromatic amines is 1. The van der Waals surface area contributed by atoms with Gasteiger partial charge in [0.25, 0.3) is 0 Å². The summed E-state index contributed by atoms with van der Waals surface area (Å²) in [5.41, 5.74) is 9.10. The Bertz CT molecular complexity index is 1400. The molecule has 1 N–H and O–H groups in total. The molecular weight excluding hydrogens is 494 g/mol. The van der Waals surface area contributed by atoms with Crippen molar-refractivity contribution in [3.8, 4) is 0 Å². The topological polar surface area (TPSA) is 15.8 Å². The number of allylic oxidation sites excluding steroid dienone is 15. The number of nitrogens with one attached hydrogen (secondary N) is 1. The molecule has 0 fully saturated rings. The molecule has 0 radical (unpaired) electrons. The summed E-state index contributed by atoms with van der Waals surface area (Å²) in [6, 6.07) is 22.5. The van der Waals surface area contributed by atoms with E-state index >= 15 is 0 Å². The van der Waals surface area contributed by atoms with Gasteiger partial charge in [-0.05, 0) is 70.4 Å². The van der Waals surface area contributed by atoms with Gasteiger partial charge in [0.15, 0.2) is 0 Å². The van der Waals surface area contributed by atoms with Crippen molar-refractivity contribution >= 4 is 17.2 Å². The van der Waals surface area contributed by atoms with Crippen molar-refractivity contribution in [2.24, 2.45) is 0 Å². The van der Waals surface area contributed by atoms with Crippen molar-refractivity contribution in [1.29, 1.82) is 0 Å². The molecule has 1 heteroatoms. The molecule has 3 rings (SSSR count). The van der Waals surface area contributed by atoms with Gasteiger partial charge in [0.2, 0.25) is 0 Å². The van der Waals surface area contributed by atoms with Gasteiger partial charge < -0.3 is 4.98 Å². The Morgan fingerprint density at radius 1 is 0.805 bits per heavy atom. The van der Waals surface area contributed by atoms with Crippen LogP contribution in [0.2, 0.25) is 0 Å². The molecule has 0 bridgehead atoms. The molecule has 0 saturated carbocycles. The fourth-order valence-electron chi connectivity index (χ4n) is 4.29. The molecule has 41 heavy (non-hydrogen) atoms. The van der Waals surface area contributed by atoms with E-state index in [1.54, 1.807) is 0 Å². The molecule has 0 unspecified atom stereocenters. The van der Waals surface area contributed by atoms with Gasteiger partial charge in [-0.15, -0.1) is 0 Å². The molecule has 3 aromatic rings. The monoisotopic (exact) mass is 537 g/mol. The first-order chi connectivity index (χ1) is 20.1. The van der Waals surface area contributed by atoms with E-state index in [1.807, 2.05) is 86.1 Å². The normalized spacial score (nSPS) is 12.9. The minimum Gasteiger partial charge on any atom is -0.367 e. The van der Waals surface area contributed by atoms with Crippen molar-refractivity contribution < 1.29 is 0 Å². The molecule has 1 heterocycles.